The number of nitrogens with zero attached hydrogens (tertiary/aromatic N) is 1. The number of carbonyl (C=O) groups is 2. The predicted molar refractivity (Wildman–Crippen MR) is 119 cm³/mol. The molecule has 1 fully saturated rings. The first-order valence-corrected chi connectivity index (χ1v) is 13.1. The van der Waals surface area contributed by atoms with Crippen molar-refractivity contribution in [2.24, 2.45) is 0 Å². The van der Waals surface area contributed by atoms with Gasteiger partial charge >= 0.3 is 0 Å². The Balaban J connectivity index is 1.50. The molecule has 0 bridgehead atoms. The van der Waals surface area contributed by atoms with Gasteiger partial charge in [0.25, 0.3) is 21.8 Å². The van der Waals surface area contributed by atoms with Gasteiger partial charge in [0.05, 0.1) is 17.1 Å². The van der Waals surface area contributed by atoms with Gasteiger partial charge in [0, 0.05) is 30.4 Å². The van der Waals surface area contributed by atoms with E-state index in [0.717, 1.165) is 4.31 Å². The summed E-state index contributed by atoms with van der Waals surface area (Å²) in [5.74, 6) is -1.16. The summed E-state index contributed by atoms with van der Waals surface area (Å²) in [4.78, 5) is 25.0. The van der Waals surface area contributed by atoms with Crippen LogP contribution < -0.4 is 10.0 Å². The minimum atomic E-state index is -3.98. The molecule has 1 saturated carbocycles. The molecule has 1 atom stereocenters. The molecule has 2 amide bonds. The molecule has 176 valence electrons. The molecular formula is C21H23N3O7S2. The Hall–Kier alpha value is -2.80. The number of nitrogens with one attached hydrogen (secondary N) is 2. The average Bonchev–Trinajstić information content (AvgIpc) is 3.55. The standard InChI is InChI=1S/C21H23N3O7S2/c1-13(12-31-2)23-32(27,28)17-8-4-15(5-9-17)22-20(25)14-3-10-18-19(11-14)33(29,30)24(21(18)26)16-6-7-16/h3-5,8-11,13,16,23H,6-7,12H2,1-2H3,(H,22,25). The van der Waals surface area contributed by atoms with Crippen molar-refractivity contribution in [3.05, 3.63) is 53.6 Å². The molecule has 0 aromatic heterocycles. The van der Waals surface area contributed by atoms with Crippen molar-refractivity contribution in [1.29, 1.82) is 0 Å². The van der Waals surface area contributed by atoms with Gasteiger partial charge in [-0.3, -0.25) is 9.59 Å². The Kier molecular flexibility index (Phi) is 6.03. The van der Waals surface area contributed by atoms with Crippen LogP contribution in [0.5, 0.6) is 0 Å². The minimum Gasteiger partial charge on any atom is -0.383 e. The van der Waals surface area contributed by atoms with Gasteiger partial charge in [-0.2, -0.15) is 0 Å². The summed E-state index contributed by atoms with van der Waals surface area (Å²) in [7, 11) is -6.26. The Morgan fingerprint density at radius 3 is 2.45 bits per heavy atom. The number of ether oxygens (including phenoxy) is 1. The lowest BCUT2D eigenvalue weighted by molar-refractivity contribution is 0.0864. The number of rotatable bonds is 8. The Morgan fingerprint density at radius 1 is 1.18 bits per heavy atom. The molecule has 10 nitrogen and oxygen atoms in total. The monoisotopic (exact) mass is 493 g/mol. The fourth-order valence-corrected chi connectivity index (χ4v) is 6.67. The van der Waals surface area contributed by atoms with Crippen molar-refractivity contribution >= 4 is 37.5 Å². The van der Waals surface area contributed by atoms with Crippen molar-refractivity contribution < 1.29 is 31.2 Å². The number of hydrogen-bond donors (Lipinski definition) is 2. The van der Waals surface area contributed by atoms with Gasteiger partial charge in [-0.05, 0) is 62.2 Å². The van der Waals surface area contributed by atoms with Gasteiger partial charge in [0.1, 0.15) is 4.90 Å². The lowest BCUT2D eigenvalue weighted by atomic mass is 10.1. The van der Waals surface area contributed by atoms with Crippen LogP contribution in [0.4, 0.5) is 5.69 Å². The first-order valence-electron chi connectivity index (χ1n) is 10.2. The van der Waals surface area contributed by atoms with Crippen molar-refractivity contribution in [1.82, 2.24) is 9.03 Å². The molecule has 12 heteroatoms. The van der Waals surface area contributed by atoms with E-state index in [9.17, 15) is 26.4 Å². The molecule has 1 aliphatic carbocycles. The van der Waals surface area contributed by atoms with Crippen LogP contribution >= 0.6 is 0 Å². The van der Waals surface area contributed by atoms with E-state index >= 15 is 0 Å². The van der Waals surface area contributed by atoms with Crippen LogP contribution in [-0.2, 0) is 24.8 Å². The molecular weight excluding hydrogens is 470 g/mol. The fraction of sp³-hybridized carbons (Fsp3) is 0.333. The highest BCUT2D eigenvalue weighted by Crippen LogP contribution is 2.39. The van der Waals surface area contributed by atoms with Crippen molar-refractivity contribution in [3.8, 4) is 0 Å². The topological polar surface area (TPSA) is 139 Å². The highest BCUT2D eigenvalue weighted by Gasteiger charge is 2.48. The molecule has 33 heavy (non-hydrogen) atoms. The maximum Gasteiger partial charge on any atom is 0.269 e. The summed E-state index contributed by atoms with van der Waals surface area (Å²) in [5, 5.41) is 2.61. The zero-order valence-electron chi connectivity index (χ0n) is 17.9. The number of carbonyl (C=O) groups excluding carboxylic acids is 2. The molecule has 2 aromatic rings. The van der Waals surface area contributed by atoms with Crippen molar-refractivity contribution in [2.45, 2.75) is 41.6 Å². The van der Waals surface area contributed by atoms with Crippen LogP contribution in [0.15, 0.2) is 52.3 Å². The van der Waals surface area contributed by atoms with E-state index in [4.69, 9.17) is 4.74 Å². The SMILES string of the molecule is COCC(C)NS(=O)(=O)c1ccc(NC(=O)c2ccc3c(c2)S(=O)(=O)N(C2CC2)C3=O)cc1. The average molecular weight is 494 g/mol. The fourth-order valence-electron chi connectivity index (χ4n) is 3.60. The molecule has 1 unspecified atom stereocenters. The first-order chi connectivity index (χ1) is 15.5. The van der Waals surface area contributed by atoms with Crippen LogP contribution in [0.3, 0.4) is 0 Å². The number of amides is 2. The second kappa shape index (κ2) is 8.52. The van der Waals surface area contributed by atoms with Crippen LogP contribution in [0.1, 0.15) is 40.5 Å². The highest BCUT2D eigenvalue weighted by molar-refractivity contribution is 7.90. The van der Waals surface area contributed by atoms with Crippen LogP contribution in [-0.4, -0.2) is 58.8 Å². The van der Waals surface area contributed by atoms with Crippen molar-refractivity contribution in [2.75, 3.05) is 19.0 Å². The zero-order chi connectivity index (χ0) is 24.0. The Morgan fingerprint density at radius 2 is 1.85 bits per heavy atom. The molecule has 4 rings (SSSR count). The van der Waals surface area contributed by atoms with Gasteiger partial charge in [0.2, 0.25) is 10.0 Å². The molecule has 0 saturated heterocycles. The number of methoxy groups -OCH3 is 1. The van der Waals surface area contributed by atoms with Crippen molar-refractivity contribution in [3.63, 3.8) is 0 Å². The summed E-state index contributed by atoms with van der Waals surface area (Å²) in [5.41, 5.74) is 0.445. The minimum absolute atomic E-state index is 0.0192. The van der Waals surface area contributed by atoms with Crippen LogP contribution in [0, 0.1) is 0 Å². The quantitative estimate of drug-likeness (QED) is 0.569. The van der Waals surface area contributed by atoms with E-state index in [-0.39, 0.29) is 33.6 Å². The van der Waals surface area contributed by atoms with Gasteiger partial charge in [-0.1, -0.05) is 0 Å². The van der Waals surface area contributed by atoms with Gasteiger partial charge < -0.3 is 10.1 Å². The van der Waals surface area contributed by atoms with Gasteiger partial charge in [0.15, 0.2) is 0 Å². The summed E-state index contributed by atoms with van der Waals surface area (Å²) in [6.07, 6.45) is 1.28. The predicted octanol–water partition coefficient (Wildman–Crippen LogP) is 1.56. The number of sulfonamides is 2. The number of benzene rings is 2. The number of hydrogen-bond acceptors (Lipinski definition) is 7. The Labute approximate surface area is 192 Å². The maximum absolute atomic E-state index is 12.8. The third-order valence-corrected chi connectivity index (χ3v) is 8.77. The maximum atomic E-state index is 12.8. The third-order valence-electron chi connectivity index (χ3n) is 5.29. The van der Waals surface area contributed by atoms with E-state index in [1.807, 2.05) is 0 Å². The molecule has 0 spiro atoms. The van der Waals surface area contributed by atoms with E-state index in [1.165, 1.54) is 49.6 Å². The van der Waals surface area contributed by atoms with E-state index in [0.29, 0.717) is 18.5 Å². The molecule has 1 heterocycles. The first kappa shape index (κ1) is 23.4. The molecule has 2 aromatic carbocycles. The van der Waals surface area contributed by atoms with E-state index < -0.39 is 37.9 Å². The van der Waals surface area contributed by atoms with E-state index in [2.05, 4.69) is 10.0 Å². The second-order valence-corrected chi connectivity index (χ2v) is 11.5. The highest BCUT2D eigenvalue weighted by atomic mass is 32.2. The number of anilines is 1. The van der Waals surface area contributed by atoms with Crippen LogP contribution in [0.2, 0.25) is 0 Å². The van der Waals surface area contributed by atoms with Crippen LogP contribution in [0.25, 0.3) is 0 Å². The van der Waals surface area contributed by atoms with Gasteiger partial charge in [-0.15, -0.1) is 0 Å². The largest absolute Gasteiger partial charge is 0.383 e. The summed E-state index contributed by atoms with van der Waals surface area (Å²) >= 11 is 0. The zero-order valence-corrected chi connectivity index (χ0v) is 19.6. The molecule has 2 aliphatic rings. The lowest BCUT2D eigenvalue weighted by Crippen LogP contribution is -2.35. The lowest BCUT2D eigenvalue weighted by Gasteiger charge is -2.13. The molecule has 1 aliphatic heterocycles. The Bertz CT molecular complexity index is 1320. The second-order valence-electron chi connectivity index (χ2n) is 8.00. The normalized spacial score (nSPS) is 18.1. The summed E-state index contributed by atoms with van der Waals surface area (Å²) in [6, 6.07) is 8.74. The summed E-state index contributed by atoms with van der Waals surface area (Å²) < 4.78 is 58.6. The third kappa shape index (κ3) is 4.51. The summed E-state index contributed by atoms with van der Waals surface area (Å²) in [6.45, 7) is 1.89. The smallest absolute Gasteiger partial charge is 0.269 e. The molecule has 2 N–H and O–H groups in total. The molecule has 0 radical (unpaired) electrons. The van der Waals surface area contributed by atoms with Gasteiger partial charge in [-0.25, -0.2) is 25.9 Å². The van der Waals surface area contributed by atoms with E-state index in [1.54, 1.807) is 6.92 Å². The number of fused-ring (bicyclic) bond motifs is 1.